The number of thiophene rings is 1. The number of benzene rings is 1. The van der Waals surface area contributed by atoms with Crippen LogP contribution >= 0.6 is 23.1 Å². The van der Waals surface area contributed by atoms with Crippen molar-refractivity contribution in [1.29, 1.82) is 0 Å². The molecule has 1 aromatic carbocycles. The molecule has 0 saturated heterocycles. The summed E-state index contributed by atoms with van der Waals surface area (Å²) in [6, 6.07) is 10.2. The van der Waals surface area contributed by atoms with Gasteiger partial charge in [-0.05, 0) is 36.9 Å². The number of nitrogens with one attached hydrogen (secondary N) is 1. The summed E-state index contributed by atoms with van der Waals surface area (Å²) in [6.45, 7) is 9.09. The third-order valence-corrected chi connectivity index (χ3v) is 6.04. The molecule has 140 valence electrons. The Bertz CT molecular complexity index is 945. The first-order valence-electron chi connectivity index (χ1n) is 8.62. The lowest BCUT2D eigenvalue weighted by molar-refractivity contribution is -0.118. The second-order valence-electron chi connectivity index (χ2n) is 6.17. The summed E-state index contributed by atoms with van der Waals surface area (Å²) in [6.07, 6.45) is 1.81. The minimum absolute atomic E-state index is 0.0157. The molecule has 2 aromatic heterocycles. The van der Waals surface area contributed by atoms with Crippen molar-refractivity contribution in [2.24, 2.45) is 0 Å². The predicted octanol–water partition coefficient (Wildman–Crippen LogP) is 4.22. The van der Waals surface area contributed by atoms with Crippen LogP contribution in [0.5, 0.6) is 0 Å². The predicted molar refractivity (Wildman–Crippen MR) is 112 cm³/mol. The van der Waals surface area contributed by atoms with Crippen LogP contribution in [0.3, 0.4) is 0 Å². The number of carbonyl (C=O) groups excluding carboxylic acids is 1. The maximum Gasteiger partial charge on any atom is 0.230 e. The number of allylic oxidation sites excluding steroid dienone is 1. The molecule has 1 N–H and O–H groups in total. The molecule has 0 saturated carbocycles. The summed E-state index contributed by atoms with van der Waals surface area (Å²) in [5, 5.41) is 14.3. The van der Waals surface area contributed by atoms with E-state index in [9.17, 15) is 4.79 Å². The molecular formula is C20H22N4OS2. The lowest BCUT2D eigenvalue weighted by Gasteiger charge is -2.08. The average molecular weight is 399 g/mol. The Morgan fingerprint density at radius 3 is 2.89 bits per heavy atom. The van der Waals surface area contributed by atoms with Gasteiger partial charge in [0.05, 0.1) is 12.3 Å². The fourth-order valence-corrected chi connectivity index (χ4v) is 4.26. The van der Waals surface area contributed by atoms with Gasteiger partial charge in [-0.3, -0.25) is 9.36 Å². The molecule has 3 rings (SSSR count). The minimum Gasteiger partial charge on any atom is -0.350 e. The second-order valence-corrected chi connectivity index (χ2v) is 8.11. The molecule has 2 heterocycles. The van der Waals surface area contributed by atoms with Crippen LogP contribution in [0, 0.1) is 13.8 Å². The van der Waals surface area contributed by atoms with Gasteiger partial charge in [0.1, 0.15) is 0 Å². The molecule has 0 aliphatic heterocycles. The summed E-state index contributed by atoms with van der Waals surface area (Å²) in [4.78, 5) is 13.4. The Morgan fingerprint density at radius 2 is 2.19 bits per heavy atom. The van der Waals surface area contributed by atoms with E-state index in [2.05, 4.69) is 41.1 Å². The van der Waals surface area contributed by atoms with E-state index in [4.69, 9.17) is 0 Å². The highest BCUT2D eigenvalue weighted by Gasteiger charge is 2.15. The zero-order valence-electron chi connectivity index (χ0n) is 15.4. The van der Waals surface area contributed by atoms with Gasteiger partial charge in [0.25, 0.3) is 0 Å². The van der Waals surface area contributed by atoms with Gasteiger partial charge in [0, 0.05) is 17.0 Å². The van der Waals surface area contributed by atoms with Gasteiger partial charge in [0.15, 0.2) is 11.0 Å². The third kappa shape index (κ3) is 4.87. The van der Waals surface area contributed by atoms with E-state index in [1.165, 1.54) is 22.2 Å². The summed E-state index contributed by atoms with van der Waals surface area (Å²) in [5.74, 6) is 1.07. The zero-order chi connectivity index (χ0) is 19.2. The highest BCUT2D eigenvalue weighted by atomic mass is 32.2. The molecule has 7 heteroatoms. The first kappa shape index (κ1) is 19.4. The van der Waals surface area contributed by atoms with Crippen molar-refractivity contribution in [2.45, 2.75) is 32.1 Å². The topological polar surface area (TPSA) is 59.8 Å². The van der Waals surface area contributed by atoms with Crippen LogP contribution in [0.15, 0.2) is 53.5 Å². The Balaban J connectivity index is 1.67. The lowest BCUT2D eigenvalue weighted by atomic mass is 10.1. The molecule has 3 aromatic rings. The van der Waals surface area contributed by atoms with Crippen molar-refractivity contribution in [3.05, 3.63) is 64.4 Å². The largest absolute Gasteiger partial charge is 0.350 e. The quantitative estimate of drug-likeness (QED) is 0.456. The van der Waals surface area contributed by atoms with Crippen molar-refractivity contribution in [3.8, 4) is 11.4 Å². The van der Waals surface area contributed by atoms with Crippen molar-refractivity contribution in [1.82, 2.24) is 20.1 Å². The van der Waals surface area contributed by atoms with E-state index in [0.717, 1.165) is 17.0 Å². The molecule has 0 unspecified atom stereocenters. The fraction of sp³-hybridized carbons (Fsp3) is 0.250. The van der Waals surface area contributed by atoms with Crippen LogP contribution in [0.25, 0.3) is 11.4 Å². The van der Waals surface area contributed by atoms with Crippen LogP contribution in [0.1, 0.15) is 16.0 Å². The van der Waals surface area contributed by atoms with E-state index < -0.39 is 0 Å². The zero-order valence-corrected chi connectivity index (χ0v) is 17.1. The summed E-state index contributed by atoms with van der Waals surface area (Å²) >= 11 is 3.05. The van der Waals surface area contributed by atoms with Crippen LogP contribution in [0.4, 0.5) is 0 Å². The van der Waals surface area contributed by atoms with Gasteiger partial charge >= 0.3 is 0 Å². The molecule has 0 spiro atoms. The van der Waals surface area contributed by atoms with Gasteiger partial charge in [-0.1, -0.05) is 41.6 Å². The molecule has 0 bridgehead atoms. The molecule has 0 fully saturated rings. The number of carbonyl (C=O) groups is 1. The lowest BCUT2D eigenvalue weighted by Crippen LogP contribution is -2.24. The molecule has 5 nitrogen and oxygen atoms in total. The van der Waals surface area contributed by atoms with Crippen LogP contribution in [0.2, 0.25) is 0 Å². The maximum atomic E-state index is 12.2. The first-order chi connectivity index (χ1) is 13.1. The Morgan fingerprint density at radius 1 is 1.33 bits per heavy atom. The number of thioether (sulfide) groups is 1. The second kappa shape index (κ2) is 9.01. The van der Waals surface area contributed by atoms with E-state index >= 15 is 0 Å². The minimum atomic E-state index is -0.0157. The van der Waals surface area contributed by atoms with Crippen molar-refractivity contribution < 1.29 is 4.79 Å². The van der Waals surface area contributed by atoms with Crippen molar-refractivity contribution in [2.75, 3.05) is 5.75 Å². The van der Waals surface area contributed by atoms with E-state index in [1.807, 2.05) is 41.1 Å². The van der Waals surface area contributed by atoms with Gasteiger partial charge < -0.3 is 5.32 Å². The number of hydrogen-bond donors (Lipinski definition) is 1. The number of aromatic nitrogens is 3. The van der Waals surface area contributed by atoms with Crippen LogP contribution in [-0.2, 0) is 17.9 Å². The number of nitrogens with zero attached hydrogens (tertiary/aromatic N) is 3. The third-order valence-electron chi connectivity index (χ3n) is 4.05. The highest BCUT2D eigenvalue weighted by Crippen LogP contribution is 2.24. The monoisotopic (exact) mass is 398 g/mol. The smallest absolute Gasteiger partial charge is 0.230 e. The number of aryl methyl sites for hydroxylation is 2. The maximum absolute atomic E-state index is 12.2. The molecule has 0 atom stereocenters. The molecule has 1 amide bonds. The van der Waals surface area contributed by atoms with Gasteiger partial charge in [-0.2, -0.15) is 0 Å². The van der Waals surface area contributed by atoms with E-state index in [0.29, 0.717) is 24.0 Å². The Kier molecular flexibility index (Phi) is 6.47. The molecule has 0 radical (unpaired) electrons. The Hall–Kier alpha value is -2.38. The normalized spacial score (nSPS) is 10.7. The van der Waals surface area contributed by atoms with E-state index in [-0.39, 0.29) is 5.91 Å². The van der Waals surface area contributed by atoms with Gasteiger partial charge in [0.2, 0.25) is 5.91 Å². The van der Waals surface area contributed by atoms with Crippen molar-refractivity contribution in [3.63, 3.8) is 0 Å². The molecule has 0 aliphatic rings. The molecular weight excluding hydrogens is 376 g/mol. The number of amides is 1. The Labute approximate surface area is 167 Å². The highest BCUT2D eigenvalue weighted by molar-refractivity contribution is 7.99. The van der Waals surface area contributed by atoms with Crippen LogP contribution in [-0.4, -0.2) is 26.4 Å². The summed E-state index contributed by atoms with van der Waals surface area (Å²) in [7, 11) is 0. The molecule has 27 heavy (non-hydrogen) atoms. The summed E-state index contributed by atoms with van der Waals surface area (Å²) < 4.78 is 1.99. The van der Waals surface area contributed by atoms with Crippen LogP contribution < -0.4 is 5.32 Å². The SMILES string of the molecule is C=CCn1c(SCC(=O)NCc2sccc2C)nnc1-c1cccc(C)c1. The fourth-order valence-electron chi connectivity index (χ4n) is 2.63. The van der Waals surface area contributed by atoms with E-state index in [1.54, 1.807) is 11.3 Å². The first-order valence-corrected chi connectivity index (χ1v) is 10.5. The van der Waals surface area contributed by atoms with Gasteiger partial charge in [-0.25, -0.2) is 0 Å². The standard InChI is InChI=1S/C20H22N4OS2/c1-4-9-24-19(16-7-5-6-14(2)11-16)22-23-20(24)27-13-18(25)21-12-17-15(3)8-10-26-17/h4-8,10-11H,1,9,12-13H2,2-3H3,(H,21,25). The molecule has 0 aliphatic carbocycles. The summed E-state index contributed by atoms with van der Waals surface area (Å²) in [5.41, 5.74) is 3.38. The number of rotatable bonds is 8. The number of hydrogen-bond acceptors (Lipinski definition) is 5. The van der Waals surface area contributed by atoms with Crippen molar-refractivity contribution >= 4 is 29.0 Å². The average Bonchev–Trinajstić information content (AvgIpc) is 3.24. The van der Waals surface area contributed by atoms with Gasteiger partial charge in [-0.15, -0.1) is 28.1 Å².